The highest BCUT2D eigenvalue weighted by Gasteiger charge is 2.16. The fraction of sp³-hybridized carbons (Fsp3) is 0.588. The van der Waals surface area contributed by atoms with Gasteiger partial charge in [-0.2, -0.15) is 0 Å². The molecule has 1 aromatic rings. The number of amides is 1. The first kappa shape index (κ1) is 17.5. The number of halogens is 1. The fourth-order valence-electron chi connectivity index (χ4n) is 2.23. The third-order valence-corrected chi connectivity index (χ3v) is 4.40. The van der Waals surface area contributed by atoms with E-state index in [0.29, 0.717) is 0 Å². The van der Waals surface area contributed by atoms with Gasteiger partial charge in [-0.15, -0.1) is 0 Å². The predicted octanol–water partition coefficient (Wildman–Crippen LogP) is 5.11. The Kier molecular flexibility index (Phi) is 8.90. The topological polar surface area (TPSA) is 20.3 Å². The molecule has 0 saturated heterocycles. The standard InChI is InChI=1S/C17H26INO/c1-3-5-9-13-19(14-10-6-4-2)17(20)15-11-7-8-12-16(15)18/h7-8,11-12H,3-6,9-10,13-14H2,1-2H3. The molecule has 0 unspecified atom stereocenters. The van der Waals surface area contributed by atoms with Crippen molar-refractivity contribution in [2.24, 2.45) is 0 Å². The van der Waals surface area contributed by atoms with Crippen molar-refractivity contribution in [3.8, 4) is 0 Å². The first-order valence-corrected chi connectivity index (χ1v) is 8.82. The summed E-state index contributed by atoms with van der Waals surface area (Å²) >= 11 is 2.25. The summed E-state index contributed by atoms with van der Waals surface area (Å²) in [6, 6.07) is 7.88. The van der Waals surface area contributed by atoms with Crippen molar-refractivity contribution in [1.29, 1.82) is 0 Å². The lowest BCUT2D eigenvalue weighted by atomic mass is 10.1. The lowest BCUT2D eigenvalue weighted by molar-refractivity contribution is 0.0748. The average Bonchev–Trinajstić information content (AvgIpc) is 2.46. The zero-order valence-electron chi connectivity index (χ0n) is 12.7. The number of unbranched alkanes of at least 4 members (excludes halogenated alkanes) is 4. The quantitative estimate of drug-likeness (QED) is 0.426. The molecule has 0 aliphatic heterocycles. The van der Waals surface area contributed by atoms with Crippen LogP contribution in [-0.2, 0) is 0 Å². The highest BCUT2D eigenvalue weighted by Crippen LogP contribution is 2.15. The summed E-state index contributed by atoms with van der Waals surface area (Å²) < 4.78 is 1.05. The van der Waals surface area contributed by atoms with Crippen molar-refractivity contribution in [3.05, 3.63) is 33.4 Å². The van der Waals surface area contributed by atoms with Crippen molar-refractivity contribution in [2.75, 3.05) is 13.1 Å². The SMILES string of the molecule is CCCCCN(CCCCC)C(=O)c1ccccc1I. The van der Waals surface area contributed by atoms with Crippen LogP contribution in [0.2, 0.25) is 0 Å². The average molecular weight is 387 g/mol. The summed E-state index contributed by atoms with van der Waals surface area (Å²) in [7, 11) is 0. The van der Waals surface area contributed by atoms with E-state index in [4.69, 9.17) is 0 Å². The Morgan fingerprint density at radius 1 is 1.00 bits per heavy atom. The van der Waals surface area contributed by atoms with Gasteiger partial charge in [0.2, 0.25) is 0 Å². The van der Waals surface area contributed by atoms with E-state index in [0.717, 1.165) is 35.1 Å². The van der Waals surface area contributed by atoms with Gasteiger partial charge >= 0.3 is 0 Å². The van der Waals surface area contributed by atoms with E-state index in [2.05, 4.69) is 36.4 Å². The second-order valence-corrected chi connectivity index (χ2v) is 6.35. The monoisotopic (exact) mass is 387 g/mol. The largest absolute Gasteiger partial charge is 0.339 e. The van der Waals surface area contributed by atoms with Crippen LogP contribution in [0.5, 0.6) is 0 Å². The molecular weight excluding hydrogens is 361 g/mol. The Hall–Kier alpha value is -0.580. The summed E-state index contributed by atoms with van der Waals surface area (Å²) in [6.45, 7) is 6.18. The minimum atomic E-state index is 0.196. The van der Waals surface area contributed by atoms with Crippen molar-refractivity contribution < 1.29 is 4.79 Å². The van der Waals surface area contributed by atoms with Gasteiger partial charge in [-0.05, 0) is 47.6 Å². The minimum Gasteiger partial charge on any atom is -0.339 e. The molecule has 2 nitrogen and oxygen atoms in total. The molecule has 0 radical (unpaired) electrons. The van der Waals surface area contributed by atoms with Crippen LogP contribution in [0.3, 0.4) is 0 Å². The van der Waals surface area contributed by atoms with Crippen molar-refractivity contribution in [3.63, 3.8) is 0 Å². The zero-order chi connectivity index (χ0) is 14.8. The third kappa shape index (κ3) is 5.81. The Morgan fingerprint density at radius 3 is 2.05 bits per heavy atom. The first-order valence-electron chi connectivity index (χ1n) is 7.74. The lowest BCUT2D eigenvalue weighted by Gasteiger charge is -2.23. The van der Waals surface area contributed by atoms with E-state index in [1.165, 1.54) is 25.7 Å². The number of carbonyl (C=O) groups is 1. The van der Waals surface area contributed by atoms with E-state index in [1.54, 1.807) is 0 Å². The molecule has 0 heterocycles. The lowest BCUT2D eigenvalue weighted by Crippen LogP contribution is -2.33. The van der Waals surface area contributed by atoms with Crippen molar-refractivity contribution in [2.45, 2.75) is 52.4 Å². The molecule has 1 aromatic carbocycles. The van der Waals surface area contributed by atoms with Gasteiger partial charge in [0.1, 0.15) is 0 Å². The summed E-state index contributed by atoms with van der Waals surface area (Å²) in [4.78, 5) is 14.7. The molecular formula is C17H26INO. The third-order valence-electron chi connectivity index (χ3n) is 3.45. The molecule has 0 spiro atoms. The van der Waals surface area contributed by atoms with E-state index in [9.17, 15) is 4.79 Å². The Labute approximate surface area is 137 Å². The fourth-order valence-corrected chi connectivity index (χ4v) is 2.84. The van der Waals surface area contributed by atoms with Crippen LogP contribution in [0.15, 0.2) is 24.3 Å². The van der Waals surface area contributed by atoms with Crippen molar-refractivity contribution in [1.82, 2.24) is 4.90 Å². The molecule has 20 heavy (non-hydrogen) atoms. The highest BCUT2D eigenvalue weighted by atomic mass is 127. The molecule has 0 bridgehead atoms. The molecule has 0 N–H and O–H groups in total. The predicted molar refractivity (Wildman–Crippen MR) is 94.1 cm³/mol. The minimum absolute atomic E-state index is 0.196. The molecule has 0 aliphatic carbocycles. The number of rotatable bonds is 9. The van der Waals surface area contributed by atoms with Gasteiger partial charge < -0.3 is 4.90 Å². The zero-order valence-corrected chi connectivity index (χ0v) is 14.9. The number of hydrogen-bond donors (Lipinski definition) is 0. The van der Waals surface area contributed by atoms with Gasteiger partial charge in [0.25, 0.3) is 5.91 Å². The Morgan fingerprint density at radius 2 is 1.55 bits per heavy atom. The van der Waals surface area contributed by atoms with E-state index in [-0.39, 0.29) is 5.91 Å². The van der Waals surface area contributed by atoms with Gasteiger partial charge in [-0.3, -0.25) is 4.79 Å². The number of nitrogens with zero attached hydrogens (tertiary/aromatic N) is 1. The molecule has 0 fully saturated rings. The second kappa shape index (κ2) is 10.2. The van der Waals surface area contributed by atoms with Gasteiger partial charge in [0, 0.05) is 16.7 Å². The molecule has 112 valence electrons. The van der Waals surface area contributed by atoms with Gasteiger partial charge in [0.15, 0.2) is 0 Å². The van der Waals surface area contributed by atoms with Crippen LogP contribution in [0, 0.1) is 3.57 Å². The number of hydrogen-bond acceptors (Lipinski definition) is 1. The van der Waals surface area contributed by atoms with Crippen LogP contribution < -0.4 is 0 Å². The maximum Gasteiger partial charge on any atom is 0.254 e. The van der Waals surface area contributed by atoms with E-state index >= 15 is 0 Å². The summed E-state index contributed by atoms with van der Waals surface area (Å²) in [6.07, 6.45) is 7.00. The first-order chi connectivity index (χ1) is 9.70. The molecule has 1 rings (SSSR count). The van der Waals surface area contributed by atoms with Crippen LogP contribution in [0.4, 0.5) is 0 Å². The number of benzene rings is 1. The summed E-state index contributed by atoms with van der Waals surface area (Å²) in [5.41, 5.74) is 0.848. The van der Waals surface area contributed by atoms with Crippen LogP contribution in [0.1, 0.15) is 62.7 Å². The van der Waals surface area contributed by atoms with Crippen LogP contribution in [0.25, 0.3) is 0 Å². The maximum absolute atomic E-state index is 12.7. The number of carbonyl (C=O) groups excluding carboxylic acids is 1. The van der Waals surface area contributed by atoms with E-state index < -0.39 is 0 Å². The molecule has 0 aliphatic rings. The molecule has 0 saturated carbocycles. The normalized spacial score (nSPS) is 10.6. The highest BCUT2D eigenvalue weighted by molar-refractivity contribution is 14.1. The summed E-state index contributed by atoms with van der Waals surface area (Å²) in [5.74, 6) is 0.196. The van der Waals surface area contributed by atoms with E-state index in [1.807, 2.05) is 29.2 Å². The van der Waals surface area contributed by atoms with Crippen molar-refractivity contribution >= 4 is 28.5 Å². The second-order valence-electron chi connectivity index (χ2n) is 5.19. The van der Waals surface area contributed by atoms with Gasteiger partial charge in [-0.25, -0.2) is 0 Å². The molecule has 3 heteroatoms. The van der Waals surface area contributed by atoms with Crippen LogP contribution >= 0.6 is 22.6 Å². The molecule has 0 atom stereocenters. The molecule has 1 amide bonds. The van der Waals surface area contributed by atoms with Crippen LogP contribution in [-0.4, -0.2) is 23.9 Å². The molecule has 0 aromatic heterocycles. The maximum atomic E-state index is 12.7. The Balaban J connectivity index is 2.69. The van der Waals surface area contributed by atoms with Gasteiger partial charge in [0.05, 0.1) is 5.56 Å². The summed E-state index contributed by atoms with van der Waals surface area (Å²) in [5, 5.41) is 0. The Bertz CT molecular complexity index is 396. The van der Waals surface area contributed by atoms with Gasteiger partial charge in [-0.1, -0.05) is 51.7 Å². The smallest absolute Gasteiger partial charge is 0.254 e.